The number of rotatable bonds is 1. The topological polar surface area (TPSA) is 61.2 Å². The predicted molar refractivity (Wildman–Crippen MR) is 103 cm³/mol. The van der Waals surface area contributed by atoms with Crippen molar-refractivity contribution >= 4 is 35.1 Å². The number of Topliss-reactive ketones (excluding diaryl/α,β-unsaturated/α-hetero) is 2. The molecule has 2 saturated heterocycles. The van der Waals surface area contributed by atoms with Crippen LogP contribution in [0, 0.1) is 16.7 Å². The summed E-state index contributed by atoms with van der Waals surface area (Å²) in [6, 6.07) is 9.59. The van der Waals surface area contributed by atoms with E-state index in [2.05, 4.69) is 11.0 Å². The first-order valence-corrected chi connectivity index (χ1v) is 11.1. The van der Waals surface area contributed by atoms with Gasteiger partial charge in [0.15, 0.2) is 5.78 Å². The number of hydrogen-bond acceptors (Lipinski definition) is 6. The van der Waals surface area contributed by atoms with E-state index in [1.165, 1.54) is 0 Å². The maximum Gasteiger partial charge on any atom is 0.210 e. The zero-order chi connectivity index (χ0) is 17.9. The van der Waals surface area contributed by atoms with E-state index in [-0.39, 0.29) is 22.2 Å². The van der Waals surface area contributed by atoms with Crippen LogP contribution in [0.4, 0.5) is 0 Å². The van der Waals surface area contributed by atoms with Crippen molar-refractivity contribution in [3.63, 3.8) is 0 Å². The number of hydrogen-bond donors (Lipinski definition) is 0. The van der Waals surface area contributed by atoms with E-state index in [9.17, 15) is 14.9 Å². The number of carbonyl (C=O) groups is 2. The van der Waals surface area contributed by atoms with Crippen molar-refractivity contribution in [2.45, 2.75) is 29.9 Å². The van der Waals surface area contributed by atoms with Crippen LogP contribution in [0.5, 0.6) is 0 Å². The van der Waals surface area contributed by atoms with Crippen LogP contribution in [0.1, 0.15) is 40.0 Å². The molecule has 0 saturated carbocycles. The second-order valence-corrected chi connectivity index (χ2v) is 9.91. The van der Waals surface area contributed by atoms with Gasteiger partial charge in [-0.15, -0.1) is 23.5 Å². The first-order valence-electron chi connectivity index (χ1n) is 9.04. The highest BCUT2D eigenvalue weighted by Crippen LogP contribution is 2.59. The van der Waals surface area contributed by atoms with Gasteiger partial charge in [-0.05, 0) is 30.8 Å². The van der Waals surface area contributed by atoms with Gasteiger partial charge in [0.2, 0.25) is 5.78 Å². The standard InChI is InChI=1S/C20H18N2O2S2/c21-11-20(19-25-9-4-10-26-19)14-7-3-8-22(14)16-15(20)17(23)12-5-1-2-6-13(12)18(16)24/h1-2,5-6,14,19H,3-4,7-10H2/t14-,20-/m1/s1. The fraction of sp³-hybridized carbons (Fsp3) is 0.450. The van der Waals surface area contributed by atoms with Gasteiger partial charge in [0.05, 0.1) is 28.0 Å². The summed E-state index contributed by atoms with van der Waals surface area (Å²) in [7, 11) is 0. The number of nitrogens with zero attached hydrogens (tertiary/aromatic N) is 2. The van der Waals surface area contributed by atoms with Crippen molar-refractivity contribution in [3.05, 3.63) is 46.7 Å². The Morgan fingerprint density at radius 2 is 1.77 bits per heavy atom. The molecule has 5 rings (SSSR count). The molecule has 1 aromatic carbocycles. The summed E-state index contributed by atoms with van der Waals surface area (Å²) in [6.45, 7) is 0.760. The quantitative estimate of drug-likeness (QED) is 0.741. The molecule has 0 unspecified atom stereocenters. The van der Waals surface area contributed by atoms with E-state index < -0.39 is 5.41 Å². The molecule has 2 fully saturated rings. The molecule has 4 aliphatic rings. The summed E-state index contributed by atoms with van der Waals surface area (Å²) >= 11 is 3.58. The minimum atomic E-state index is -0.887. The van der Waals surface area contributed by atoms with Crippen LogP contribution >= 0.6 is 23.5 Å². The summed E-state index contributed by atoms with van der Waals surface area (Å²) in [4.78, 5) is 28.9. The average Bonchev–Trinajstić information content (AvgIpc) is 3.27. The first-order chi connectivity index (χ1) is 12.7. The van der Waals surface area contributed by atoms with Gasteiger partial charge in [0, 0.05) is 17.7 Å². The third-order valence-electron chi connectivity index (χ3n) is 5.96. The summed E-state index contributed by atoms with van der Waals surface area (Å²) in [5, 5.41) is 10.4. The minimum Gasteiger partial charge on any atom is -0.363 e. The normalized spacial score (nSPS) is 30.9. The molecular weight excluding hydrogens is 364 g/mol. The number of benzene rings is 1. The molecule has 26 heavy (non-hydrogen) atoms. The smallest absolute Gasteiger partial charge is 0.210 e. The third kappa shape index (κ3) is 1.93. The molecule has 2 atom stereocenters. The van der Waals surface area contributed by atoms with Gasteiger partial charge in [0.25, 0.3) is 0 Å². The summed E-state index contributed by atoms with van der Waals surface area (Å²) in [5.74, 6) is 1.83. The molecule has 3 aliphatic heterocycles. The lowest BCUT2D eigenvalue weighted by Gasteiger charge is -2.39. The highest BCUT2D eigenvalue weighted by molar-refractivity contribution is 8.17. The minimum absolute atomic E-state index is 0.0152. The fourth-order valence-corrected chi connectivity index (χ4v) is 8.28. The molecule has 4 nitrogen and oxygen atoms in total. The van der Waals surface area contributed by atoms with E-state index in [4.69, 9.17) is 0 Å². The predicted octanol–water partition coefficient (Wildman–Crippen LogP) is 3.50. The van der Waals surface area contributed by atoms with Gasteiger partial charge in [-0.25, -0.2) is 0 Å². The van der Waals surface area contributed by atoms with Crippen LogP contribution < -0.4 is 0 Å². The Hall–Kier alpha value is -1.71. The third-order valence-corrected chi connectivity index (χ3v) is 9.17. The first kappa shape index (κ1) is 16.5. The highest BCUT2D eigenvalue weighted by Gasteiger charge is 2.63. The molecule has 1 aromatic rings. The van der Waals surface area contributed by atoms with Gasteiger partial charge in [0.1, 0.15) is 5.41 Å². The lowest BCUT2D eigenvalue weighted by atomic mass is 9.72. The molecule has 132 valence electrons. The van der Waals surface area contributed by atoms with Crippen LogP contribution in [0.15, 0.2) is 35.5 Å². The largest absolute Gasteiger partial charge is 0.363 e. The lowest BCUT2D eigenvalue weighted by Crippen LogP contribution is -2.45. The van der Waals surface area contributed by atoms with E-state index in [0.29, 0.717) is 22.4 Å². The van der Waals surface area contributed by atoms with E-state index in [1.54, 1.807) is 47.8 Å². The Bertz CT molecular complexity index is 897. The Labute approximate surface area is 161 Å². The summed E-state index contributed by atoms with van der Waals surface area (Å²) < 4.78 is 0.0152. The molecule has 0 N–H and O–H groups in total. The monoisotopic (exact) mass is 382 g/mol. The van der Waals surface area contributed by atoms with Crippen molar-refractivity contribution in [2.75, 3.05) is 18.1 Å². The highest BCUT2D eigenvalue weighted by atomic mass is 32.2. The van der Waals surface area contributed by atoms with Crippen molar-refractivity contribution in [1.82, 2.24) is 4.90 Å². The fourth-order valence-electron chi connectivity index (χ4n) is 4.90. The number of thioether (sulfide) groups is 2. The van der Waals surface area contributed by atoms with Crippen LogP contribution in [0.25, 0.3) is 0 Å². The number of allylic oxidation sites excluding steroid dienone is 1. The van der Waals surface area contributed by atoms with Crippen molar-refractivity contribution in [3.8, 4) is 6.07 Å². The SMILES string of the molecule is N#C[C@]1(C2SCCCS2)C2=C(C(=O)c3ccccc3C2=O)N2CCC[C@@H]21. The number of carbonyl (C=O) groups excluding carboxylic acids is 2. The Kier molecular flexibility index (Phi) is 3.74. The molecule has 0 spiro atoms. The number of ketones is 2. The maximum absolute atomic E-state index is 13.5. The van der Waals surface area contributed by atoms with Gasteiger partial charge in [-0.1, -0.05) is 24.3 Å². The van der Waals surface area contributed by atoms with Crippen molar-refractivity contribution in [2.24, 2.45) is 5.41 Å². The van der Waals surface area contributed by atoms with Crippen molar-refractivity contribution in [1.29, 1.82) is 5.26 Å². The second kappa shape index (κ2) is 5.90. The zero-order valence-electron chi connectivity index (χ0n) is 14.2. The molecule has 0 aromatic heterocycles. The van der Waals surface area contributed by atoms with Crippen molar-refractivity contribution < 1.29 is 9.59 Å². The number of fused-ring (bicyclic) bond motifs is 3. The molecule has 6 heteroatoms. The number of nitriles is 1. The van der Waals surface area contributed by atoms with Crippen LogP contribution in [-0.2, 0) is 0 Å². The van der Waals surface area contributed by atoms with Gasteiger partial charge < -0.3 is 4.90 Å². The average molecular weight is 383 g/mol. The lowest BCUT2D eigenvalue weighted by molar-refractivity contribution is 0.0955. The maximum atomic E-state index is 13.5. The second-order valence-electron chi connectivity index (χ2n) is 7.19. The molecule has 0 bridgehead atoms. The molecule has 3 heterocycles. The van der Waals surface area contributed by atoms with Gasteiger partial charge in [-0.3, -0.25) is 9.59 Å². The van der Waals surface area contributed by atoms with Crippen LogP contribution in [-0.4, -0.2) is 45.1 Å². The summed E-state index contributed by atoms with van der Waals surface area (Å²) in [6.07, 6.45) is 2.97. The molecule has 1 aliphatic carbocycles. The molecule has 0 radical (unpaired) electrons. The zero-order valence-corrected chi connectivity index (χ0v) is 15.9. The Morgan fingerprint density at radius 1 is 1.08 bits per heavy atom. The Balaban J connectivity index is 1.75. The van der Waals surface area contributed by atoms with Gasteiger partial charge in [-0.2, -0.15) is 5.26 Å². The van der Waals surface area contributed by atoms with E-state index in [1.807, 2.05) is 0 Å². The molecule has 0 amide bonds. The summed E-state index contributed by atoms with van der Waals surface area (Å²) in [5.41, 5.74) is 1.06. The molecular formula is C20H18N2O2S2. The van der Waals surface area contributed by atoms with E-state index in [0.717, 1.165) is 37.3 Å². The van der Waals surface area contributed by atoms with Crippen LogP contribution in [0.3, 0.4) is 0 Å². The Morgan fingerprint density at radius 3 is 2.46 bits per heavy atom. The van der Waals surface area contributed by atoms with Gasteiger partial charge >= 0.3 is 0 Å². The van der Waals surface area contributed by atoms with Crippen LogP contribution in [0.2, 0.25) is 0 Å². The van der Waals surface area contributed by atoms with E-state index >= 15 is 0 Å².